The number of hydrogen-bond donors (Lipinski definition) is 1. The van der Waals surface area contributed by atoms with Gasteiger partial charge in [-0.1, -0.05) is 35.9 Å². The van der Waals surface area contributed by atoms with Crippen molar-refractivity contribution in [2.24, 2.45) is 0 Å². The maximum Gasteiger partial charge on any atom is 0.0406 e. The van der Waals surface area contributed by atoms with Gasteiger partial charge in [0.2, 0.25) is 0 Å². The molecule has 1 N–H and O–H groups in total. The van der Waals surface area contributed by atoms with Crippen LogP contribution in [0.2, 0.25) is 5.02 Å². The molecular weight excluding hydrogens is 256 g/mol. The van der Waals surface area contributed by atoms with E-state index in [1.54, 1.807) is 0 Å². The maximum atomic E-state index is 5.91. The van der Waals surface area contributed by atoms with Crippen molar-refractivity contribution in [3.8, 4) is 11.1 Å². The number of halogens is 1. The molecule has 0 bridgehead atoms. The zero-order valence-corrected chi connectivity index (χ0v) is 11.5. The van der Waals surface area contributed by atoms with Gasteiger partial charge in [-0.15, -0.1) is 0 Å². The van der Waals surface area contributed by atoms with Gasteiger partial charge in [0.25, 0.3) is 0 Å². The van der Waals surface area contributed by atoms with Crippen LogP contribution in [0.25, 0.3) is 11.1 Å². The van der Waals surface area contributed by atoms with Gasteiger partial charge in [0.05, 0.1) is 0 Å². The van der Waals surface area contributed by atoms with Gasteiger partial charge in [0.15, 0.2) is 0 Å². The van der Waals surface area contributed by atoms with E-state index in [1.165, 1.54) is 16.8 Å². The van der Waals surface area contributed by atoms with E-state index in [4.69, 9.17) is 11.6 Å². The molecule has 1 aliphatic heterocycles. The van der Waals surface area contributed by atoms with E-state index in [2.05, 4.69) is 46.6 Å². The number of anilines is 1. The Labute approximate surface area is 119 Å². The molecule has 0 spiro atoms. The quantitative estimate of drug-likeness (QED) is 0.901. The largest absolute Gasteiger partial charge is 0.369 e. The topological polar surface area (TPSA) is 15.3 Å². The molecule has 0 amide bonds. The highest BCUT2D eigenvalue weighted by molar-refractivity contribution is 6.30. The fraction of sp³-hybridized carbons (Fsp3) is 0.250. The molecule has 0 atom stereocenters. The summed E-state index contributed by atoms with van der Waals surface area (Å²) >= 11 is 5.91. The fourth-order valence-electron chi connectivity index (χ4n) is 2.43. The third-order valence-corrected chi connectivity index (χ3v) is 3.78. The van der Waals surface area contributed by atoms with Crippen molar-refractivity contribution in [2.45, 2.75) is 0 Å². The lowest BCUT2D eigenvalue weighted by atomic mass is 10.1. The molecule has 3 rings (SSSR count). The highest BCUT2D eigenvalue weighted by Gasteiger charge is 2.10. The van der Waals surface area contributed by atoms with Crippen molar-refractivity contribution < 1.29 is 0 Å². The Morgan fingerprint density at radius 2 is 1.32 bits per heavy atom. The number of benzene rings is 2. The average Bonchev–Trinajstić information content (AvgIpc) is 2.49. The van der Waals surface area contributed by atoms with Gasteiger partial charge in [-0.05, 0) is 35.4 Å². The summed E-state index contributed by atoms with van der Waals surface area (Å²) in [5.74, 6) is 0. The minimum absolute atomic E-state index is 0.779. The third kappa shape index (κ3) is 2.91. The van der Waals surface area contributed by atoms with Crippen molar-refractivity contribution in [2.75, 3.05) is 31.1 Å². The van der Waals surface area contributed by atoms with Gasteiger partial charge in [-0.2, -0.15) is 0 Å². The number of rotatable bonds is 2. The van der Waals surface area contributed by atoms with E-state index in [-0.39, 0.29) is 0 Å². The molecule has 0 aromatic heterocycles. The molecule has 2 aromatic carbocycles. The predicted molar refractivity (Wildman–Crippen MR) is 82.0 cm³/mol. The van der Waals surface area contributed by atoms with Crippen LogP contribution >= 0.6 is 11.6 Å². The molecule has 3 heteroatoms. The lowest BCUT2D eigenvalue weighted by Gasteiger charge is -2.29. The van der Waals surface area contributed by atoms with Crippen molar-refractivity contribution in [3.63, 3.8) is 0 Å². The van der Waals surface area contributed by atoms with Crippen molar-refractivity contribution >= 4 is 17.3 Å². The van der Waals surface area contributed by atoms with Crippen molar-refractivity contribution in [3.05, 3.63) is 53.6 Å². The van der Waals surface area contributed by atoms with Crippen LogP contribution in [0.4, 0.5) is 5.69 Å². The lowest BCUT2D eigenvalue weighted by Crippen LogP contribution is -2.43. The number of nitrogens with one attached hydrogen (secondary N) is 1. The normalized spacial score (nSPS) is 15.5. The van der Waals surface area contributed by atoms with E-state index in [0.717, 1.165) is 31.2 Å². The first-order chi connectivity index (χ1) is 9.33. The van der Waals surface area contributed by atoms with E-state index in [1.807, 2.05) is 12.1 Å². The van der Waals surface area contributed by atoms with Gasteiger partial charge in [0.1, 0.15) is 0 Å². The summed E-state index contributed by atoms with van der Waals surface area (Å²) in [6.45, 7) is 4.30. The number of piperazine rings is 1. The Morgan fingerprint density at radius 1 is 0.789 bits per heavy atom. The molecule has 98 valence electrons. The Morgan fingerprint density at radius 3 is 1.89 bits per heavy atom. The summed E-state index contributed by atoms with van der Waals surface area (Å²) in [4.78, 5) is 2.42. The Balaban J connectivity index is 1.80. The molecule has 2 aromatic rings. The summed E-state index contributed by atoms with van der Waals surface area (Å²) in [5, 5.41) is 4.15. The molecule has 0 saturated carbocycles. The molecule has 0 aliphatic carbocycles. The summed E-state index contributed by atoms with van der Waals surface area (Å²) in [6.07, 6.45) is 0. The Bertz CT molecular complexity index is 528. The molecule has 1 aliphatic rings. The smallest absolute Gasteiger partial charge is 0.0406 e. The molecular formula is C16H17ClN2. The molecule has 1 fully saturated rings. The molecule has 1 heterocycles. The van der Waals surface area contributed by atoms with Crippen LogP contribution in [-0.4, -0.2) is 26.2 Å². The van der Waals surface area contributed by atoms with Crippen LogP contribution in [0.1, 0.15) is 0 Å². The van der Waals surface area contributed by atoms with Crippen LogP contribution in [0.15, 0.2) is 48.5 Å². The van der Waals surface area contributed by atoms with Gasteiger partial charge >= 0.3 is 0 Å². The van der Waals surface area contributed by atoms with Crippen molar-refractivity contribution in [1.82, 2.24) is 5.32 Å². The van der Waals surface area contributed by atoms with Crippen LogP contribution in [0.3, 0.4) is 0 Å². The first-order valence-corrected chi connectivity index (χ1v) is 7.02. The van der Waals surface area contributed by atoms with Gasteiger partial charge in [-0.25, -0.2) is 0 Å². The number of nitrogens with zero attached hydrogens (tertiary/aromatic N) is 1. The third-order valence-electron chi connectivity index (χ3n) is 3.53. The standard InChI is InChI=1S/C16H17ClN2/c17-15-5-1-13(2-6-15)14-3-7-16(8-4-14)19-11-9-18-10-12-19/h1-8,18H,9-12H2. The minimum Gasteiger partial charge on any atom is -0.369 e. The molecule has 1 saturated heterocycles. The summed E-state index contributed by atoms with van der Waals surface area (Å²) < 4.78 is 0. The number of hydrogen-bond acceptors (Lipinski definition) is 2. The molecule has 0 unspecified atom stereocenters. The predicted octanol–water partition coefficient (Wildman–Crippen LogP) is 3.42. The summed E-state index contributed by atoms with van der Waals surface area (Å²) in [5.41, 5.74) is 3.74. The molecule has 0 radical (unpaired) electrons. The summed E-state index contributed by atoms with van der Waals surface area (Å²) in [7, 11) is 0. The zero-order valence-electron chi connectivity index (χ0n) is 10.8. The Kier molecular flexibility index (Phi) is 3.72. The van der Waals surface area contributed by atoms with Gasteiger partial charge in [-0.3, -0.25) is 0 Å². The van der Waals surface area contributed by atoms with Gasteiger partial charge < -0.3 is 10.2 Å². The van der Waals surface area contributed by atoms with Crippen LogP contribution < -0.4 is 10.2 Å². The van der Waals surface area contributed by atoms with Crippen LogP contribution in [0.5, 0.6) is 0 Å². The van der Waals surface area contributed by atoms with E-state index < -0.39 is 0 Å². The first-order valence-electron chi connectivity index (χ1n) is 6.64. The monoisotopic (exact) mass is 272 g/mol. The highest BCUT2D eigenvalue weighted by Crippen LogP contribution is 2.24. The highest BCUT2D eigenvalue weighted by atomic mass is 35.5. The average molecular weight is 273 g/mol. The Hall–Kier alpha value is -1.51. The van der Waals surface area contributed by atoms with Crippen molar-refractivity contribution in [1.29, 1.82) is 0 Å². The summed E-state index contributed by atoms with van der Waals surface area (Å²) in [6, 6.07) is 16.7. The van der Waals surface area contributed by atoms with Gasteiger partial charge in [0, 0.05) is 36.9 Å². The van der Waals surface area contributed by atoms with Crippen LogP contribution in [-0.2, 0) is 0 Å². The van der Waals surface area contributed by atoms with E-state index in [9.17, 15) is 0 Å². The maximum absolute atomic E-state index is 5.91. The van der Waals surface area contributed by atoms with E-state index in [0.29, 0.717) is 0 Å². The molecule has 2 nitrogen and oxygen atoms in total. The van der Waals surface area contributed by atoms with E-state index >= 15 is 0 Å². The minimum atomic E-state index is 0.779. The second kappa shape index (κ2) is 5.64. The SMILES string of the molecule is Clc1ccc(-c2ccc(N3CCNCC3)cc2)cc1. The first kappa shape index (κ1) is 12.5. The lowest BCUT2D eigenvalue weighted by molar-refractivity contribution is 0.589. The fourth-order valence-corrected chi connectivity index (χ4v) is 2.56. The molecule has 19 heavy (non-hydrogen) atoms. The second-order valence-electron chi connectivity index (χ2n) is 4.79. The zero-order chi connectivity index (χ0) is 13.1. The second-order valence-corrected chi connectivity index (χ2v) is 5.23. The van der Waals surface area contributed by atoms with Crippen LogP contribution in [0, 0.1) is 0 Å².